The first kappa shape index (κ1) is 12.8. The van der Waals surface area contributed by atoms with Crippen molar-refractivity contribution in [1.29, 1.82) is 0 Å². The molecule has 0 aliphatic heterocycles. The fourth-order valence-electron chi connectivity index (χ4n) is 1.09. The van der Waals surface area contributed by atoms with Crippen LogP contribution in [-0.2, 0) is 9.47 Å². The summed E-state index contributed by atoms with van der Waals surface area (Å²) in [7, 11) is 2.01. The van der Waals surface area contributed by atoms with Crippen molar-refractivity contribution in [2.75, 3.05) is 39.9 Å². The van der Waals surface area contributed by atoms with Crippen LogP contribution in [0.15, 0.2) is 0 Å². The Morgan fingerprint density at radius 1 is 1.23 bits per heavy atom. The van der Waals surface area contributed by atoms with E-state index in [0.717, 1.165) is 13.1 Å². The topological polar surface area (TPSA) is 47.7 Å². The summed E-state index contributed by atoms with van der Waals surface area (Å²) in [4.78, 5) is 2.11. The predicted octanol–water partition coefficient (Wildman–Crippen LogP) is 0.276. The SMILES string of the molecule is CCOC(CN(C)CCN)OCC. The molecule has 0 aromatic carbocycles. The van der Waals surface area contributed by atoms with E-state index in [1.165, 1.54) is 0 Å². The normalized spacial score (nSPS) is 11.5. The molecule has 4 heteroatoms. The summed E-state index contributed by atoms with van der Waals surface area (Å²) >= 11 is 0. The number of rotatable bonds is 8. The lowest BCUT2D eigenvalue weighted by Crippen LogP contribution is -2.35. The van der Waals surface area contributed by atoms with Crippen molar-refractivity contribution in [2.45, 2.75) is 20.1 Å². The molecule has 0 aromatic rings. The monoisotopic (exact) mass is 190 g/mol. The zero-order valence-electron chi connectivity index (χ0n) is 8.95. The van der Waals surface area contributed by atoms with Crippen molar-refractivity contribution in [3.8, 4) is 0 Å². The molecule has 0 spiro atoms. The van der Waals surface area contributed by atoms with Gasteiger partial charge >= 0.3 is 0 Å². The van der Waals surface area contributed by atoms with Crippen molar-refractivity contribution < 1.29 is 9.47 Å². The highest BCUT2D eigenvalue weighted by Crippen LogP contribution is 1.97. The molecule has 80 valence electrons. The largest absolute Gasteiger partial charge is 0.352 e. The second-order valence-corrected chi connectivity index (χ2v) is 2.89. The van der Waals surface area contributed by atoms with E-state index >= 15 is 0 Å². The fourth-order valence-corrected chi connectivity index (χ4v) is 1.09. The molecule has 4 nitrogen and oxygen atoms in total. The van der Waals surface area contributed by atoms with Crippen LogP contribution in [0.2, 0.25) is 0 Å². The van der Waals surface area contributed by atoms with Gasteiger partial charge in [0.15, 0.2) is 6.29 Å². The highest BCUT2D eigenvalue weighted by atomic mass is 16.7. The Morgan fingerprint density at radius 3 is 2.15 bits per heavy atom. The average Bonchev–Trinajstić information content (AvgIpc) is 2.05. The molecule has 0 amide bonds. The third kappa shape index (κ3) is 6.95. The lowest BCUT2D eigenvalue weighted by molar-refractivity contribution is -0.144. The van der Waals surface area contributed by atoms with Crippen LogP contribution in [0.25, 0.3) is 0 Å². The predicted molar refractivity (Wildman–Crippen MR) is 53.6 cm³/mol. The maximum atomic E-state index is 5.43. The number of nitrogens with zero attached hydrogens (tertiary/aromatic N) is 1. The van der Waals surface area contributed by atoms with Crippen LogP contribution in [0.5, 0.6) is 0 Å². The molecule has 0 bridgehead atoms. The number of hydrogen-bond donors (Lipinski definition) is 1. The van der Waals surface area contributed by atoms with E-state index in [9.17, 15) is 0 Å². The van der Waals surface area contributed by atoms with Gasteiger partial charge in [-0.15, -0.1) is 0 Å². The first-order valence-electron chi connectivity index (χ1n) is 4.86. The number of nitrogens with two attached hydrogens (primary N) is 1. The molecule has 0 heterocycles. The zero-order chi connectivity index (χ0) is 10.1. The molecule has 0 radical (unpaired) electrons. The Hall–Kier alpha value is -0.160. The summed E-state index contributed by atoms with van der Waals surface area (Å²) < 4.78 is 10.8. The van der Waals surface area contributed by atoms with Gasteiger partial charge < -0.3 is 20.1 Å². The van der Waals surface area contributed by atoms with Gasteiger partial charge in [0.1, 0.15) is 0 Å². The summed E-state index contributed by atoms with van der Waals surface area (Å²) in [6.45, 7) is 7.61. The molecule has 13 heavy (non-hydrogen) atoms. The maximum Gasteiger partial charge on any atom is 0.170 e. The summed E-state index contributed by atoms with van der Waals surface area (Å²) in [5, 5.41) is 0. The van der Waals surface area contributed by atoms with E-state index in [1.54, 1.807) is 0 Å². The highest BCUT2D eigenvalue weighted by molar-refractivity contribution is 4.55. The van der Waals surface area contributed by atoms with Gasteiger partial charge in [0.05, 0.1) is 0 Å². The Balaban J connectivity index is 3.64. The van der Waals surface area contributed by atoms with Crippen LogP contribution >= 0.6 is 0 Å². The molecule has 0 saturated carbocycles. The smallest absolute Gasteiger partial charge is 0.170 e. The van der Waals surface area contributed by atoms with Gasteiger partial charge in [-0.25, -0.2) is 0 Å². The quantitative estimate of drug-likeness (QED) is 0.558. The van der Waals surface area contributed by atoms with Crippen molar-refractivity contribution in [1.82, 2.24) is 4.90 Å². The first-order chi connectivity index (χ1) is 6.24. The molecular weight excluding hydrogens is 168 g/mol. The Morgan fingerprint density at radius 2 is 1.77 bits per heavy atom. The minimum Gasteiger partial charge on any atom is -0.352 e. The van der Waals surface area contributed by atoms with E-state index in [1.807, 2.05) is 20.9 Å². The summed E-state index contributed by atoms with van der Waals surface area (Å²) in [5.41, 5.74) is 5.43. The molecule has 0 unspecified atom stereocenters. The van der Waals surface area contributed by atoms with Gasteiger partial charge in [-0.05, 0) is 20.9 Å². The molecular formula is C9H22N2O2. The Kier molecular flexibility index (Phi) is 8.33. The lowest BCUT2D eigenvalue weighted by atomic mass is 10.5. The number of hydrogen-bond acceptors (Lipinski definition) is 4. The van der Waals surface area contributed by atoms with Gasteiger partial charge in [0.25, 0.3) is 0 Å². The second-order valence-electron chi connectivity index (χ2n) is 2.89. The van der Waals surface area contributed by atoms with E-state index in [-0.39, 0.29) is 6.29 Å². The molecule has 0 fully saturated rings. The van der Waals surface area contributed by atoms with Crippen LogP contribution in [0.3, 0.4) is 0 Å². The van der Waals surface area contributed by atoms with Crippen LogP contribution in [0.1, 0.15) is 13.8 Å². The average molecular weight is 190 g/mol. The third-order valence-electron chi connectivity index (χ3n) is 1.68. The first-order valence-corrected chi connectivity index (χ1v) is 4.86. The standard InChI is InChI=1S/C9H22N2O2/c1-4-12-9(13-5-2)8-11(3)7-6-10/h9H,4-8,10H2,1-3H3. The van der Waals surface area contributed by atoms with Crippen molar-refractivity contribution in [3.63, 3.8) is 0 Å². The molecule has 0 atom stereocenters. The van der Waals surface area contributed by atoms with Gasteiger partial charge in [-0.1, -0.05) is 0 Å². The second kappa shape index (κ2) is 8.44. The van der Waals surface area contributed by atoms with Crippen LogP contribution < -0.4 is 5.73 Å². The fraction of sp³-hybridized carbons (Fsp3) is 1.00. The van der Waals surface area contributed by atoms with Crippen LogP contribution in [-0.4, -0.2) is 51.1 Å². The van der Waals surface area contributed by atoms with E-state index in [4.69, 9.17) is 15.2 Å². The summed E-state index contributed by atoms with van der Waals surface area (Å²) in [5.74, 6) is 0. The molecule has 0 aromatic heterocycles. The minimum atomic E-state index is -0.119. The maximum absolute atomic E-state index is 5.43. The van der Waals surface area contributed by atoms with Crippen LogP contribution in [0.4, 0.5) is 0 Å². The summed E-state index contributed by atoms with van der Waals surface area (Å²) in [6.07, 6.45) is -0.119. The van der Waals surface area contributed by atoms with Gasteiger partial charge in [0.2, 0.25) is 0 Å². The molecule has 0 rings (SSSR count). The third-order valence-corrected chi connectivity index (χ3v) is 1.68. The number of likely N-dealkylation sites (N-methyl/N-ethyl adjacent to an activating group) is 1. The van der Waals surface area contributed by atoms with Crippen LogP contribution in [0, 0.1) is 0 Å². The molecule has 0 aliphatic carbocycles. The molecule has 0 aliphatic rings. The van der Waals surface area contributed by atoms with Gasteiger partial charge in [-0.2, -0.15) is 0 Å². The van der Waals surface area contributed by atoms with Gasteiger partial charge in [-0.3, -0.25) is 0 Å². The minimum absolute atomic E-state index is 0.119. The van der Waals surface area contributed by atoms with E-state index in [0.29, 0.717) is 19.8 Å². The highest BCUT2D eigenvalue weighted by Gasteiger charge is 2.10. The van der Waals surface area contributed by atoms with Crippen molar-refractivity contribution >= 4 is 0 Å². The lowest BCUT2D eigenvalue weighted by Gasteiger charge is -2.23. The Labute approximate surface area is 81.0 Å². The Bertz CT molecular complexity index is 106. The molecule has 0 saturated heterocycles. The van der Waals surface area contributed by atoms with Crippen molar-refractivity contribution in [3.05, 3.63) is 0 Å². The summed E-state index contributed by atoms with van der Waals surface area (Å²) in [6, 6.07) is 0. The van der Waals surface area contributed by atoms with E-state index in [2.05, 4.69) is 4.90 Å². The molecule has 2 N–H and O–H groups in total. The zero-order valence-corrected chi connectivity index (χ0v) is 8.95. The van der Waals surface area contributed by atoms with Crippen molar-refractivity contribution in [2.24, 2.45) is 5.73 Å². The van der Waals surface area contributed by atoms with Gasteiger partial charge in [0, 0.05) is 32.8 Å². The number of ether oxygens (including phenoxy) is 2. The van der Waals surface area contributed by atoms with E-state index < -0.39 is 0 Å².